The lowest BCUT2D eigenvalue weighted by atomic mass is 9.99. The van der Waals surface area contributed by atoms with Crippen LogP contribution in [-0.2, 0) is 0 Å². The molecule has 0 amide bonds. The van der Waals surface area contributed by atoms with E-state index in [1.54, 1.807) is 0 Å². The molecule has 1 aromatic rings. The average molecular weight is 206 g/mol. The lowest BCUT2D eigenvalue weighted by Gasteiger charge is -2.42. The van der Waals surface area contributed by atoms with Crippen LogP contribution in [0, 0.1) is 5.92 Å². The Balaban J connectivity index is 1.86. The van der Waals surface area contributed by atoms with Crippen LogP contribution < -0.4 is 10.6 Å². The number of nitrogen functional groups attached to an aromatic ring is 1. The van der Waals surface area contributed by atoms with Gasteiger partial charge in [-0.1, -0.05) is 0 Å². The second-order valence-electron chi connectivity index (χ2n) is 4.47. The van der Waals surface area contributed by atoms with Gasteiger partial charge in [-0.25, -0.2) is 4.98 Å². The quantitative estimate of drug-likeness (QED) is 0.789. The first-order chi connectivity index (χ1) is 7.15. The van der Waals surface area contributed by atoms with Gasteiger partial charge in [0, 0.05) is 25.6 Å². The van der Waals surface area contributed by atoms with Gasteiger partial charge in [-0.15, -0.1) is 0 Å². The van der Waals surface area contributed by atoms with Crippen molar-refractivity contribution in [2.75, 3.05) is 44.4 Å². The molecule has 0 unspecified atom stereocenters. The molecule has 0 saturated carbocycles. The minimum absolute atomic E-state index is 0.587. The van der Waals surface area contributed by atoms with E-state index in [1.807, 2.05) is 18.3 Å². The molecule has 2 heterocycles. The Morgan fingerprint density at radius 2 is 2.20 bits per heavy atom. The van der Waals surface area contributed by atoms with Gasteiger partial charge in [-0.3, -0.25) is 0 Å². The van der Waals surface area contributed by atoms with Gasteiger partial charge in [0.2, 0.25) is 0 Å². The van der Waals surface area contributed by atoms with Crippen molar-refractivity contribution in [1.29, 1.82) is 0 Å². The summed E-state index contributed by atoms with van der Waals surface area (Å²) in [4.78, 5) is 8.67. The molecule has 1 saturated heterocycles. The van der Waals surface area contributed by atoms with E-state index < -0.39 is 0 Å². The van der Waals surface area contributed by atoms with Crippen molar-refractivity contribution in [2.24, 2.45) is 5.92 Å². The highest BCUT2D eigenvalue weighted by Gasteiger charge is 2.27. The van der Waals surface area contributed by atoms with Crippen molar-refractivity contribution in [3.63, 3.8) is 0 Å². The lowest BCUT2D eigenvalue weighted by Crippen LogP contribution is -2.50. The molecule has 82 valence electrons. The molecular formula is C11H18N4. The zero-order valence-corrected chi connectivity index (χ0v) is 9.35. The molecule has 2 rings (SSSR count). The van der Waals surface area contributed by atoms with Crippen LogP contribution in [-0.4, -0.2) is 43.6 Å². The maximum atomic E-state index is 5.54. The Kier molecular flexibility index (Phi) is 2.77. The van der Waals surface area contributed by atoms with E-state index in [1.165, 1.54) is 12.2 Å². The second-order valence-corrected chi connectivity index (χ2v) is 4.47. The smallest absolute Gasteiger partial charge is 0.123 e. The van der Waals surface area contributed by atoms with Crippen molar-refractivity contribution in [2.45, 2.75) is 0 Å². The maximum absolute atomic E-state index is 5.54. The van der Waals surface area contributed by atoms with Crippen LogP contribution in [0.25, 0.3) is 0 Å². The highest BCUT2D eigenvalue weighted by Crippen LogP contribution is 2.24. The van der Waals surface area contributed by atoms with Crippen molar-refractivity contribution in [3.8, 4) is 0 Å². The fraction of sp³-hybridized carbons (Fsp3) is 0.545. The van der Waals surface area contributed by atoms with E-state index in [0.29, 0.717) is 5.82 Å². The standard InChI is InChI=1S/C11H18N4/c1-14(2)6-9-7-15(8-9)10-3-4-11(12)13-5-10/h3-5,9H,6-8H2,1-2H3,(H2,12,13). The summed E-state index contributed by atoms with van der Waals surface area (Å²) in [6, 6.07) is 3.89. The fourth-order valence-electron chi connectivity index (χ4n) is 2.00. The van der Waals surface area contributed by atoms with E-state index in [2.05, 4.69) is 28.9 Å². The van der Waals surface area contributed by atoms with Crippen molar-refractivity contribution in [1.82, 2.24) is 9.88 Å². The van der Waals surface area contributed by atoms with Gasteiger partial charge in [0.15, 0.2) is 0 Å². The van der Waals surface area contributed by atoms with Gasteiger partial charge in [0.1, 0.15) is 5.82 Å². The third kappa shape index (κ3) is 2.39. The predicted molar refractivity (Wildman–Crippen MR) is 62.9 cm³/mol. The third-order valence-electron chi connectivity index (χ3n) is 2.72. The normalized spacial score (nSPS) is 16.9. The summed E-state index contributed by atoms with van der Waals surface area (Å²) < 4.78 is 0. The van der Waals surface area contributed by atoms with Crippen molar-refractivity contribution >= 4 is 11.5 Å². The summed E-state index contributed by atoms with van der Waals surface area (Å²) in [5, 5.41) is 0. The van der Waals surface area contributed by atoms with E-state index in [4.69, 9.17) is 5.73 Å². The zero-order chi connectivity index (χ0) is 10.8. The van der Waals surface area contributed by atoms with Crippen LogP contribution in [0.3, 0.4) is 0 Å². The molecule has 4 heteroatoms. The van der Waals surface area contributed by atoms with E-state index >= 15 is 0 Å². The first-order valence-electron chi connectivity index (χ1n) is 5.26. The minimum Gasteiger partial charge on any atom is -0.384 e. The zero-order valence-electron chi connectivity index (χ0n) is 9.35. The Morgan fingerprint density at radius 1 is 1.47 bits per heavy atom. The summed E-state index contributed by atoms with van der Waals surface area (Å²) >= 11 is 0. The summed E-state index contributed by atoms with van der Waals surface area (Å²) in [6.45, 7) is 3.42. The average Bonchev–Trinajstić information content (AvgIpc) is 2.12. The molecule has 0 bridgehead atoms. The predicted octanol–water partition coefficient (Wildman–Crippen LogP) is 0.662. The monoisotopic (exact) mass is 206 g/mol. The van der Waals surface area contributed by atoms with Crippen LogP contribution in [0.4, 0.5) is 11.5 Å². The molecule has 4 nitrogen and oxygen atoms in total. The topological polar surface area (TPSA) is 45.4 Å². The molecule has 2 N–H and O–H groups in total. The molecule has 0 aromatic carbocycles. The summed E-state index contributed by atoms with van der Waals surface area (Å²) in [5.41, 5.74) is 6.72. The number of aromatic nitrogens is 1. The number of hydrogen-bond donors (Lipinski definition) is 1. The highest BCUT2D eigenvalue weighted by atomic mass is 15.2. The molecule has 1 aliphatic heterocycles. The van der Waals surface area contributed by atoms with E-state index in [9.17, 15) is 0 Å². The highest BCUT2D eigenvalue weighted by molar-refractivity contribution is 5.50. The van der Waals surface area contributed by atoms with Crippen LogP contribution in [0.2, 0.25) is 0 Å². The van der Waals surface area contributed by atoms with Gasteiger partial charge in [-0.2, -0.15) is 0 Å². The van der Waals surface area contributed by atoms with Crippen LogP contribution in [0.1, 0.15) is 0 Å². The first-order valence-corrected chi connectivity index (χ1v) is 5.26. The van der Waals surface area contributed by atoms with Crippen molar-refractivity contribution in [3.05, 3.63) is 18.3 Å². The molecule has 0 aliphatic carbocycles. The Labute approximate surface area is 90.7 Å². The number of rotatable bonds is 3. The van der Waals surface area contributed by atoms with Gasteiger partial charge >= 0.3 is 0 Å². The van der Waals surface area contributed by atoms with E-state index in [0.717, 1.165) is 19.0 Å². The summed E-state index contributed by atoms with van der Waals surface area (Å²) in [6.07, 6.45) is 1.85. The van der Waals surface area contributed by atoms with Crippen molar-refractivity contribution < 1.29 is 0 Å². The lowest BCUT2D eigenvalue weighted by molar-refractivity contribution is 0.283. The van der Waals surface area contributed by atoms with Crippen LogP contribution >= 0.6 is 0 Å². The molecular weight excluding hydrogens is 188 g/mol. The summed E-state index contributed by atoms with van der Waals surface area (Å²) in [5.74, 6) is 1.38. The molecule has 1 aliphatic rings. The van der Waals surface area contributed by atoms with Crippen LogP contribution in [0.15, 0.2) is 18.3 Å². The summed E-state index contributed by atoms with van der Waals surface area (Å²) in [7, 11) is 4.24. The maximum Gasteiger partial charge on any atom is 0.123 e. The molecule has 15 heavy (non-hydrogen) atoms. The number of nitrogens with zero attached hydrogens (tertiary/aromatic N) is 3. The minimum atomic E-state index is 0.587. The first kappa shape index (κ1) is 10.2. The Bertz CT molecular complexity index is 314. The molecule has 0 atom stereocenters. The molecule has 0 radical (unpaired) electrons. The number of hydrogen-bond acceptors (Lipinski definition) is 4. The number of pyridine rings is 1. The SMILES string of the molecule is CN(C)CC1CN(c2ccc(N)nc2)C1. The molecule has 1 aromatic heterocycles. The fourth-order valence-corrected chi connectivity index (χ4v) is 2.00. The van der Waals surface area contributed by atoms with Gasteiger partial charge in [-0.05, 0) is 26.2 Å². The van der Waals surface area contributed by atoms with Crippen LogP contribution in [0.5, 0.6) is 0 Å². The van der Waals surface area contributed by atoms with Gasteiger partial charge in [0.25, 0.3) is 0 Å². The number of nitrogens with two attached hydrogens (primary N) is 1. The Hall–Kier alpha value is -1.29. The van der Waals surface area contributed by atoms with E-state index in [-0.39, 0.29) is 0 Å². The molecule has 0 spiro atoms. The third-order valence-corrected chi connectivity index (χ3v) is 2.72. The van der Waals surface area contributed by atoms with Gasteiger partial charge in [0.05, 0.1) is 11.9 Å². The van der Waals surface area contributed by atoms with Gasteiger partial charge < -0.3 is 15.5 Å². The number of anilines is 2. The Morgan fingerprint density at radius 3 is 2.73 bits per heavy atom. The largest absolute Gasteiger partial charge is 0.384 e. The second kappa shape index (κ2) is 4.06. The molecule has 1 fully saturated rings.